The van der Waals surface area contributed by atoms with Gasteiger partial charge in [0.2, 0.25) is 5.91 Å². The molecular formula is C26H27N3O3. The number of rotatable bonds is 7. The summed E-state index contributed by atoms with van der Waals surface area (Å²) >= 11 is 0. The summed E-state index contributed by atoms with van der Waals surface area (Å²) in [5, 5.41) is 3.07. The van der Waals surface area contributed by atoms with E-state index in [4.69, 9.17) is 4.74 Å². The van der Waals surface area contributed by atoms with Gasteiger partial charge in [-0.05, 0) is 23.3 Å². The Labute approximate surface area is 188 Å². The Hall–Kier alpha value is -3.80. The smallest absolute Gasteiger partial charge is 0.318 e. The molecule has 1 fully saturated rings. The van der Waals surface area contributed by atoms with Gasteiger partial charge in [0.25, 0.3) is 0 Å². The van der Waals surface area contributed by atoms with Gasteiger partial charge in [0.15, 0.2) is 0 Å². The highest BCUT2D eigenvalue weighted by Crippen LogP contribution is 2.25. The van der Waals surface area contributed by atoms with Crippen molar-refractivity contribution in [1.82, 2.24) is 10.2 Å². The van der Waals surface area contributed by atoms with Crippen molar-refractivity contribution in [1.29, 1.82) is 0 Å². The third-order valence-electron chi connectivity index (χ3n) is 5.54. The zero-order valence-corrected chi connectivity index (χ0v) is 18.1. The predicted molar refractivity (Wildman–Crippen MR) is 124 cm³/mol. The summed E-state index contributed by atoms with van der Waals surface area (Å²) in [5.41, 5.74) is 2.88. The molecule has 0 aromatic heterocycles. The highest BCUT2D eigenvalue weighted by atomic mass is 16.5. The molecule has 0 radical (unpaired) electrons. The first-order chi connectivity index (χ1) is 15.6. The summed E-state index contributed by atoms with van der Waals surface area (Å²) < 4.78 is 5.27. The lowest BCUT2D eigenvalue weighted by Crippen LogP contribution is -2.45. The Bertz CT molecular complexity index is 1010. The Kier molecular flexibility index (Phi) is 6.70. The molecular weight excluding hydrogens is 402 g/mol. The number of urea groups is 1. The molecule has 1 atom stereocenters. The second-order valence-electron chi connectivity index (χ2n) is 7.88. The van der Waals surface area contributed by atoms with E-state index in [1.165, 1.54) is 0 Å². The summed E-state index contributed by atoms with van der Waals surface area (Å²) in [4.78, 5) is 29.3. The molecule has 3 amide bonds. The second kappa shape index (κ2) is 10.0. The maximum atomic E-state index is 13.2. The van der Waals surface area contributed by atoms with Crippen LogP contribution in [-0.4, -0.2) is 36.5 Å². The number of methoxy groups -OCH3 is 1. The molecule has 1 saturated heterocycles. The van der Waals surface area contributed by atoms with Crippen molar-refractivity contribution in [3.63, 3.8) is 0 Å². The summed E-state index contributed by atoms with van der Waals surface area (Å²) in [6.45, 7) is 1.41. The zero-order valence-electron chi connectivity index (χ0n) is 18.1. The minimum Gasteiger partial charge on any atom is -0.497 e. The summed E-state index contributed by atoms with van der Waals surface area (Å²) in [6.07, 6.45) is 0.271. The molecule has 1 heterocycles. The molecule has 0 spiro atoms. The lowest BCUT2D eigenvalue weighted by molar-refractivity contribution is -0.117. The van der Waals surface area contributed by atoms with Gasteiger partial charge in [-0.1, -0.05) is 66.7 Å². The molecule has 164 valence electrons. The van der Waals surface area contributed by atoms with E-state index in [2.05, 4.69) is 5.32 Å². The third kappa shape index (κ3) is 5.27. The molecule has 32 heavy (non-hydrogen) atoms. The van der Waals surface area contributed by atoms with Crippen LogP contribution in [0.3, 0.4) is 0 Å². The highest BCUT2D eigenvalue weighted by Gasteiger charge is 2.32. The normalized spacial score (nSPS) is 15.5. The minimum atomic E-state index is -0.254. The average Bonchev–Trinajstić information content (AvgIpc) is 3.20. The van der Waals surface area contributed by atoms with Gasteiger partial charge in [-0.2, -0.15) is 0 Å². The van der Waals surface area contributed by atoms with Gasteiger partial charge < -0.3 is 19.9 Å². The van der Waals surface area contributed by atoms with E-state index in [1.54, 1.807) is 16.9 Å². The van der Waals surface area contributed by atoms with Crippen LogP contribution in [-0.2, 0) is 17.9 Å². The molecule has 1 unspecified atom stereocenters. The molecule has 0 saturated carbocycles. The molecule has 1 aliphatic rings. The number of hydrogen-bond donors (Lipinski definition) is 1. The molecule has 1 aliphatic heterocycles. The molecule has 1 N–H and O–H groups in total. The van der Waals surface area contributed by atoms with Crippen molar-refractivity contribution in [3.05, 3.63) is 96.1 Å². The maximum absolute atomic E-state index is 13.2. The van der Waals surface area contributed by atoms with Crippen molar-refractivity contribution in [2.75, 3.05) is 18.6 Å². The van der Waals surface area contributed by atoms with Crippen LogP contribution in [0.1, 0.15) is 17.5 Å². The first kappa shape index (κ1) is 21.4. The van der Waals surface area contributed by atoms with Gasteiger partial charge in [-0.3, -0.25) is 4.79 Å². The number of ether oxygens (including phenoxy) is 1. The predicted octanol–water partition coefficient (Wildman–Crippen LogP) is 4.21. The van der Waals surface area contributed by atoms with Gasteiger partial charge >= 0.3 is 6.03 Å². The van der Waals surface area contributed by atoms with Crippen molar-refractivity contribution in [3.8, 4) is 5.75 Å². The van der Waals surface area contributed by atoms with Crippen molar-refractivity contribution in [2.45, 2.75) is 25.6 Å². The number of hydrogen-bond acceptors (Lipinski definition) is 3. The van der Waals surface area contributed by atoms with Crippen molar-refractivity contribution in [2.24, 2.45) is 0 Å². The largest absolute Gasteiger partial charge is 0.497 e. The van der Waals surface area contributed by atoms with Gasteiger partial charge in [0, 0.05) is 37.8 Å². The summed E-state index contributed by atoms with van der Waals surface area (Å²) in [5.74, 6) is 0.681. The van der Waals surface area contributed by atoms with Crippen LogP contribution in [0.2, 0.25) is 0 Å². The molecule has 0 aliphatic carbocycles. The van der Waals surface area contributed by atoms with E-state index < -0.39 is 0 Å². The van der Waals surface area contributed by atoms with Crippen LogP contribution in [0, 0.1) is 0 Å². The number of carbonyl (C=O) groups is 2. The van der Waals surface area contributed by atoms with Crippen LogP contribution in [0.25, 0.3) is 0 Å². The van der Waals surface area contributed by atoms with E-state index in [0.29, 0.717) is 25.4 Å². The number of nitrogens with zero attached hydrogens (tertiary/aromatic N) is 2. The lowest BCUT2D eigenvalue weighted by Gasteiger charge is -2.25. The Morgan fingerprint density at radius 2 is 1.59 bits per heavy atom. The number of nitrogens with one attached hydrogen (secondary N) is 1. The van der Waals surface area contributed by atoms with Crippen LogP contribution < -0.4 is 15.0 Å². The summed E-state index contributed by atoms with van der Waals surface area (Å²) in [7, 11) is 1.60. The van der Waals surface area contributed by atoms with E-state index >= 15 is 0 Å². The third-order valence-corrected chi connectivity index (χ3v) is 5.54. The number of carbonyl (C=O) groups excluding carboxylic acids is 2. The van der Waals surface area contributed by atoms with E-state index in [1.807, 2.05) is 84.9 Å². The van der Waals surface area contributed by atoms with Gasteiger partial charge in [0.05, 0.1) is 13.2 Å². The number of benzene rings is 3. The fourth-order valence-corrected chi connectivity index (χ4v) is 3.91. The number of anilines is 1. The monoisotopic (exact) mass is 429 g/mol. The topological polar surface area (TPSA) is 61.9 Å². The fraction of sp³-hybridized carbons (Fsp3) is 0.231. The van der Waals surface area contributed by atoms with E-state index in [-0.39, 0.29) is 24.4 Å². The van der Waals surface area contributed by atoms with Crippen molar-refractivity contribution < 1.29 is 14.3 Å². The van der Waals surface area contributed by atoms with Crippen LogP contribution >= 0.6 is 0 Å². The van der Waals surface area contributed by atoms with Crippen molar-refractivity contribution >= 4 is 17.6 Å². The van der Waals surface area contributed by atoms with Gasteiger partial charge in [0.1, 0.15) is 5.75 Å². The zero-order chi connectivity index (χ0) is 22.3. The van der Waals surface area contributed by atoms with Gasteiger partial charge in [-0.25, -0.2) is 4.79 Å². The number of amides is 3. The molecule has 6 nitrogen and oxygen atoms in total. The Morgan fingerprint density at radius 1 is 0.969 bits per heavy atom. The van der Waals surface area contributed by atoms with Crippen LogP contribution in [0.15, 0.2) is 84.9 Å². The van der Waals surface area contributed by atoms with Crippen LogP contribution in [0.4, 0.5) is 10.5 Å². The molecule has 3 aromatic rings. The fourth-order valence-electron chi connectivity index (χ4n) is 3.91. The summed E-state index contributed by atoms with van der Waals surface area (Å²) in [6, 6.07) is 26.8. The van der Waals surface area contributed by atoms with E-state index in [9.17, 15) is 9.59 Å². The maximum Gasteiger partial charge on any atom is 0.318 e. The molecule has 3 aromatic carbocycles. The minimum absolute atomic E-state index is 0.0128. The standard InChI is InChI=1S/C26H27N3O3/c1-32-24-14-8-13-23(16-24)29-19-22(15-25(29)30)27-26(31)28(17-20-9-4-2-5-10-20)18-21-11-6-3-7-12-21/h2-14,16,22H,15,17-19H2,1H3,(H,27,31). The molecule has 0 bridgehead atoms. The van der Waals surface area contributed by atoms with Crippen LogP contribution in [0.5, 0.6) is 5.75 Å². The highest BCUT2D eigenvalue weighted by molar-refractivity contribution is 5.97. The Morgan fingerprint density at radius 3 is 2.19 bits per heavy atom. The SMILES string of the molecule is COc1cccc(N2CC(NC(=O)N(Cc3ccccc3)Cc3ccccc3)CC2=O)c1. The average molecular weight is 430 g/mol. The van der Waals surface area contributed by atoms with Gasteiger partial charge in [-0.15, -0.1) is 0 Å². The molecule has 4 rings (SSSR count). The lowest BCUT2D eigenvalue weighted by atomic mass is 10.1. The molecule has 6 heteroatoms. The van der Waals surface area contributed by atoms with E-state index in [0.717, 1.165) is 16.8 Å². The quantitative estimate of drug-likeness (QED) is 0.612. The first-order valence-corrected chi connectivity index (χ1v) is 10.7. The first-order valence-electron chi connectivity index (χ1n) is 10.7. The second-order valence-corrected chi connectivity index (χ2v) is 7.88. The Balaban J connectivity index is 1.45.